The van der Waals surface area contributed by atoms with Crippen LogP contribution in [0.15, 0.2) is 23.7 Å². The summed E-state index contributed by atoms with van der Waals surface area (Å²) in [6.07, 6.45) is 2.04. The molecule has 1 saturated heterocycles. The van der Waals surface area contributed by atoms with Crippen LogP contribution in [0, 0.1) is 0 Å². The van der Waals surface area contributed by atoms with Gasteiger partial charge in [0.15, 0.2) is 0 Å². The molecule has 6 heteroatoms. The molecular formula is C13H14IN3OS. The van der Waals surface area contributed by atoms with E-state index in [0.29, 0.717) is 11.6 Å². The highest BCUT2D eigenvalue weighted by molar-refractivity contribution is 14.1. The summed E-state index contributed by atoms with van der Waals surface area (Å²) < 4.78 is 3.39. The summed E-state index contributed by atoms with van der Waals surface area (Å²) in [5.74, 6) is 0.0156. The Morgan fingerprint density at radius 2 is 2.21 bits per heavy atom. The minimum atomic E-state index is 0.0156. The molecule has 1 N–H and O–H groups in total. The quantitative estimate of drug-likeness (QED) is 0.637. The van der Waals surface area contributed by atoms with Crippen LogP contribution in [-0.2, 0) is 0 Å². The minimum absolute atomic E-state index is 0.0156. The van der Waals surface area contributed by atoms with Gasteiger partial charge in [-0.2, -0.15) is 0 Å². The van der Waals surface area contributed by atoms with Gasteiger partial charge in [-0.25, -0.2) is 8.10 Å². The SMILES string of the molecule is O=C(NC1CCN(I)CC1)c1ccc2scnc2c1. The Morgan fingerprint density at radius 1 is 1.42 bits per heavy atom. The lowest BCUT2D eigenvalue weighted by Crippen LogP contribution is -2.41. The highest BCUT2D eigenvalue weighted by Gasteiger charge is 2.19. The zero-order chi connectivity index (χ0) is 13.2. The van der Waals surface area contributed by atoms with Gasteiger partial charge in [0.2, 0.25) is 0 Å². The van der Waals surface area contributed by atoms with Crippen molar-refractivity contribution >= 4 is 50.3 Å². The fourth-order valence-corrected chi connectivity index (χ4v) is 3.48. The Hall–Kier alpha value is -0.730. The number of hydrogen-bond acceptors (Lipinski definition) is 4. The first kappa shape index (κ1) is 13.3. The first-order valence-corrected chi connectivity index (χ1v) is 8.11. The van der Waals surface area contributed by atoms with Crippen LogP contribution >= 0.6 is 34.2 Å². The summed E-state index contributed by atoms with van der Waals surface area (Å²) >= 11 is 3.93. The molecule has 1 aliphatic heterocycles. The molecule has 0 aliphatic carbocycles. The first-order valence-electron chi connectivity index (χ1n) is 6.27. The number of nitrogens with one attached hydrogen (secondary N) is 1. The summed E-state index contributed by atoms with van der Waals surface area (Å²) in [6, 6.07) is 6.01. The van der Waals surface area contributed by atoms with Gasteiger partial charge in [0.25, 0.3) is 5.91 Å². The lowest BCUT2D eigenvalue weighted by molar-refractivity contribution is 0.0926. The van der Waals surface area contributed by atoms with Crippen molar-refractivity contribution in [2.24, 2.45) is 0 Å². The van der Waals surface area contributed by atoms with Gasteiger partial charge in [0.1, 0.15) is 0 Å². The standard InChI is InChI=1S/C13H14IN3OS/c14-17-5-3-10(4-6-17)16-13(18)9-1-2-12-11(7-9)15-8-19-12/h1-2,7-8,10H,3-6H2,(H,16,18). The number of aromatic nitrogens is 1. The van der Waals surface area contributed by atoms with E-state index in [9.17, 15) is 4.79 Å². The summed E-state index contributed by atoms with van der Waals surface area (Å²) in [6.45, 7) is 2.08. The lowest BCUT2D eigenvalue weighted by atomic mass is 10.1. The van der Waals surface area contributed by atoms with Crippen molar-refractivity contribution in [1.29, 1.82) is 0 Å². The molecule has 1 aromatic heterocycles. The summed E-state index contributed by atoms with van der Waals surface area (Å²) in [5.41, 5.74) is 3.41. The highest BCUT2D eigenvalue weighted by atomic mass is 127. The fraction of sp³-hybridized carbons (Fsp3) is 0.385. The van der Waals surface area contributed by atoms with E-state index in [1.165, 1.54) is 0 Å². The smallest absolute Gasteiger partial charge is 0.251 e. The number of nitrogens with zero attached hydrogens (tertiary/aromatic N) is 2. The molecule has 19 heavy (non-hydrogen) atoms. The molecule has 1 aliphatic rings. The summed E-state index contributed by atoms with van der Waals surface area (Å²) in [7, 11) is 0. The average Bonchev–Trinajstić information content (AvgIpc) is 2.88. The molecule has 3 rings (SSSR count). The number of thiazole rings is 1. The number of piperidine rings is 1. The van der Waals surface area contributed by atoms with E-state index in [2.05, 4.69) is 36.3 Å². The van der Waals surface area contributed by atoms with Gasteiger partial charge in [-0.3, -0.25) is 4.79 Å². The summed E-state index contributed by atoms with van der Waals surface area (Å²) in [4.78, 5) is 16.5. The topological polar surface area (TPSA) is 45.2 Å². The van der Waals surface area contributed by atoms with Gasteiger partial charge in [-0.15, -0.1) is 11.3 Å². The lowest BCUT2D eigenvalue weighted by Gasteiger charge is -2.28. The monoisotopic (exact) mass is 387 g/mol. The maximum absolute atomic E-state index is 12.2. The molecule has 0 spiro atoms. The number of fused-ring (bicyclic) bond motifs is 1. The van der Waals surface area contributed by atoms with Crippen LogP contribution in [0.2, 0.25) is 0 Å². The largest absolute Gasteiger partial charge is 0.349 e. The number of amides is 1. The predicted molar refractivity (Wildman–Crippen MR) is 85.7 cm³/mol. The molecule has 2 heterocycles. The predicted octanol–water partition coefficient (Wildman–Crippen LogP) is 2.84. The summed E-state index contributed by atoms with van der Waals surface area (Å²) in [5, 5.41) is 3.12. The van der Waals surface area contributed by atoms with Gasteiger partial charge in [0, 0.05) is 47.6 Å². The van der Waals surface area contributed by atoms with E-state index < -0.39 is 0 Å². The normalized spacial score (nSPS) is 17.7. The molecule has 1 amide bonds. The fourth-order valence-electron chi connectivity index (χ4n) is 2.26. The molecule has 4 nitrogen and oxygen atoms in total. The van der Waals surface area contributed by atoms with E-state index in [0.717, 1.165) is 36.1 Å². The van der Waals surface area contributed by atoms with Crippen molar-refractivity contribution in [3.63, 3.8) is 0 Å². The number of rotatable bonds is 2. The van der Waals surface area contributed by atoms with E-state index in [-0.39, 0.29) is 5.91 Å². The Kier molecular flexibility index (Phi) is 3.99. The molecular weight excluding hydrogens is 373 g/mol. The molecule has 1 aromatic carbocycles. The highest BCUT2D eigenvalue weighted by Crippen LogP contribution is 2.19. The Morgan fingerprint density at radius 3 is 3.00 bits per heavy atom. The third-order valence-electron chi connectivity index (χ3n) is 3.37. The third kappa shape index (κ3) is 3.06. The second kappa shape index (κ2) is 5.72. The zero-order valence-electron chi connectivity index (χ0n) is 10.3. The van der Waals surface area contributed by atoms with Crippen LogP contribution in [0.1, 0.15) is 23.2 Å². The van der Waals surface area contributed by atoms with Crippen LogP contribution in [-0.4, -0.2) is 33.1 Å². The van der Waals surface area contributed by atoms with Crippen LogP contribution in [0.4, 0.5) is 0 Å². The molecule has 2 aromatic rings. The number of hydrogen-bond donors (Lipinski definition) is 1. The van der Waals surface area contributed by atoms with E-state index >= 15 is 0 Å². The van der Waals surface area contributed by atoms with Crippen molar-refractivity contribution in [3.05, 3.63) is 29.3 Å². The molecule has 0 radical (unpaired) electrons. The molecule has 0 bridgehead atoms. The van der Waals surface area contributed by atoms with E-state index in [4.69, 9.17) is 0 Å². The zero-order valence-corrected chi connectivity index (χ0v) is 13.3. The van der Waals surface area contributed by atoms with E-state index in [1.807, 2.05) is 23.7 Å². The Bertz CT molecular complexity index is 592. The van der Waals surface area contributed by atoms with Crippen molar-refractivity contribution in [2.45, 2.75) is 18.9 Å². The third-order valence-corrected chi connectivity index (χ3v) is 5.14. The molecule has 0 atom stereocenters. The average molecular weight is 387 g/mol. The van der Waals surface area contributed by atoms with E-state index in [1.54, 1.807) is 11.3 Å². The van der Waals surface area contributed by atoms with Gasteiger partial charge in [0.05, 0.1) is 15.7 Å². The molecule has 0 unspecified atom stereocenters. The maximum Gasteiger partial charge on any atom is 0.251 e. The maximum atomic E-state index is 12.2. The second-order valence-corrected chi connectivity index (χ2v) is 6.94. The Labute approximate surface area is 129 Å². The second-order valence-electron chi connectivity index (χ2n) is 4.69. The van der Waals surface area contributed by atoms with Crippen molar-refractivity contribution < 1.29 is 4.79 Å². The number of benzene rings is 1. The van der Waals surface area contributed by atoms with Crippen molar-refractivity contribution in [1.82, 2.24) is 13.4 Å². The number of carbonyl (C=O) groups is 1. The van der Waals surface area contributed by atoms with Gasteiger partial charge >= 0.3 is 0 Å². The number of halogens is 1. The van der Waals surface area contributed by atoms with Crippen LogP contribution < -0.4 is 5.32 Å². The first-order chi connectivity index (χ1) is 9.22. The minimum Gasteiger partial charge on any atom is -0.349 e. The molecule has 0 saturated carbocycles. The molecule has 100 valence electrons. The van der Waals surface area contributed by atoms with Gasteiger partial charge < -0.3 is 5.32 Å². The van der Waals surface area contributed by atoms with Gasteiger partial charge in [-0.05, 0) is 31.0 Å². The van der Waals surface area contributed by atoms with Crippen LogP contribution in [0.3, 0.4) is 0 Å². The molecule has 1 fully saturated rings. The number of carbonyl (C=O) groups excluding carboxylic acids is 1. The van der Waals surface area contributed by atoms with Crippen LogP contribution in [0.5, 0.6) is 0 Å². The van der Waals surface area contributed by atoms with Crippen molar-refractivity contribution in [2.75, 3.05) is 13.1 Å². The van der Waals surface area contributed by atoms with Crippen LogP contribution in [0.25, 0.3) is 10.2 Å². The van der Waals surface area contributed by atoms with Crippen molar-refractivity contribution in [3.8, 4) is 0 Å². The Balaban J connectivity index is 1.69. The van der Waals surface area contributed by atoms with Gasteiger partial charge in [-0.1, -0.05) is 0 Å².